The number of hydrogen-bond donors (Lipinski definition) is 1. The summed E-state index contributed by atoms with van der Waals surface area (Å²) >= 11 is 0. The number of nitrogens with zero attached hydrogens (tertiary/aromatic N) is 1. The molecule has 0 aliphatic heterocycles. The van der Waals surface area contributed by atoms with E-state index in [2.05, 4.69) is 0 Å². The van der Waals surface area contributed by atoms with Crippen molar-refractivity contribution in [1.82, 2.24) is 4.90 Å². The molecule has 6 heteroatoms. The highest BCUT2D eigenvalue weighted by atomic mass is 35.5. The number of nitrogens with two attached hydrogens (primary N) is 1. The minimum absolute atomic E-state index is 0. The van der Waals surface area contributed by atoms with Crippen LogP contribution in [0.3, 0.4) is 0 Å². The third-order valence-corrected chi connectivity index (χ3v) is 3.27. The SMILES string of the molecule is CC(CN)N(C)C(=O)c1ccc(-c2ccc(F)cc2)o1.Cl. The predicted octanol–water partition coefficient (Wildman–Crippen LogP) is 2.93. The molecule has 2 aromatic rings. The lowest BCUT2D eigenvalue weighted by molar-refractivity contribution is 0.0717. The zero-order chi connectivity index (χ0) is 14.7. The molecule has 0 spiro atoms. The van der Waals surface area contributed by atoms with E-state index in [1.54, 1.807) is 31.3 Å². The van der Waals surface area contributed by atoms with Crippen LogP contribution >= 0.6 is 12.4 Å². The van der Waals surface area contributed by atoms with E-state index in [-0.39, 0.29) is 35.9 Å². The van der Waals surface area contributed by atoms with Crippen LogP contribution in [0.4, 0.5) is 4.39 Å². The van der Waals surface area contributed by atoms with E-state index in [1.165, 1.54) is 17.0 Å². The third-order valence-electron chi connectivity index (χ3n) is 3.27. The Morgan fingerprint density at radius 3 is 2.48 bits per heavy atom. The smallest absolute Gasteiger partial charge is 0.289 e. The molecule has 0 saturated heterocycles. The molecule has 0 saturated carbocycles. The molecule has 0 bridgehead atoms. The summed E-state index contributed by atoms with van der Waals surface area (Å²) in [5.41, 5.74) is 6.26. The molecule has 0 radical (unpaired) electrons. The number of hydrogen-bond acceptors (Lipinski definition) is 3. The number of amides is 1. The molecule has 0 fully saturated rings. The molecule has 0 aliphatic carbocycles. The Morgan fingerprint density at radius 2 is 1.90 bits per heavy atom. The Hall–Kier alpha value is -1.85. The summed E-state index contributed by atoms with van der Waals surface area (Å²) in [4.78, 5) is 13.7. The van der Waals surface area contributed by atoms with Crippen molar-refractivity contribution in [2.45, 2.75) is 13.0 Å². The van der Waals surface area contributed by atoms with E-state index < -0.39 is 0 Å². The van der Waals surface area contributed by atoms with E-state index in [4.69, 9.17) is 10.2 Å². The lowest BCUT2D eigenvalue weighted by Crippen LogP contribution is -2.39. The molecule has 1 aromatic carbocycles. The molecule has 2 rings (SSSR count). The van der Waals surface area contributed by atoms with E-state index in [0.29, 0.717) is 12.3 Å². The molecule has 1 atom stereocenters. The van der Waals surface area contributed by atoms with Gasteiger partial charge in [-0.3, -0.25) is 4.79 Å². The van der Waals surface area contributed by atoms with Crippen LogP contribution in [-0.2, 0) is 0 Å². The summed E-state index contributed by atoms with van der Waals surface area (Å²) in [5.74, 6) is 0.235. The maximum atomic E-state index is 12.9. The molecule has 1 amide bonds. The van der Waals surface area contributed by atoms with E-state index >= 15 is 0 Å². The van der Waals surface area contributed by atoms with Gasteiger partial charge in [0.1, 0.15) is 11.6 Å². The molecule has 21 heavy (non-hydrogen) atoms. The van der Waals surface area contributed by atoms with Gasteiger partial charge < -0.3 is 15.1 Å². The van der Waals surface area contributed by atoms with Gasteiger partial charge in [0.2, 0.25) is 0 Å². The highest BCUT2D eigenvalue weighted by Crippen LogP contribution is 2.23. The number of halogens is 2. The van der Waals surface area contributed by atoms with Crippen LogP contribution in [0.25, 0.3) is 11.3 Å². The van der Waals surface area contributed by atoms with Gasteiger partial charge in [-0.05, 0) is 43.3 Å². The van der Waals surface area contributed by atoms with Crippen LogP contribution in [0.1, 0.15) is 17.5 Å². The molecule has 1 heterocycles. The summed E-state index contributed by atoms with van der Waals surface area (Å²) in [5, 5.41) is 0. The zero-order valence-corrected chi connectivity index (χ0v) is 12.7. The van der Waals surface area contributed by atoms with Crippen molar-refractivity contribution in [2.75, 3.05) is 13.6 Å². The van der Waals surface area contributed by atoms with Crippen LogP contribution in [0.2, 0.25) is 0 Å². The molecule has 114 valence electrons. The number of furan rings is 1. The van der Waals surface area contributed by atoms with E-state index in [1.807, 2.05) is 6.92 Å². The lowest BCUT2D eigenvalue weighted by Gasteiger charge is -2.22. The van der Waals surface area contributed by atoms with Gasteiger partial charge in [0.25, 0.3) is 5.91 Å². The Bertz CT molecular complexity index is 598. The molecule has 4 nitrogen and oxygen atoms in total. The van der Waals surface area contributed by atoms with Crippen LogP contribution in [0.15, 0.2) is 40.8 Å². The first-order chi connectivity index (χ1) is 9.52. The Kier molecular flexibility index (Phi) is 5.93. The van der Waals surface area contributed by atoms with Crippen molar-refractivity contribution in [3.05, 3.63) is 48.0 Å². The largest absolute Gasteiger partial charge is 0.451 e. The average Bonchev–Trinajstić information content (AvgIpc) is 2.95. The quantitative estimate of drug-likeness (QED) is 0.944. The molecular formula is C15H18ClFN2O2. The van der Waals surface area contributed by atoms with Gasteiger partial charge >= 0.3 is 0 Å². The van der Waals surface area contributed by atoms with Crippen molar-refractivity contribution in [3.63, 3.8) is 0 Å². The summed E-state index contributed by atoms with van der Waals surface area (Å²) in [6.07, 6.45) is 0. The Morgan fingerprint density at radius 1 is 1.29 bits per heavy atom. The van der Waals surface area contributed by atoms with Gasteiger partial charge in [-0.1, -0.05) is 0 Å². The lowest BCUT2D eigenvalue weighted by atomic mass is 10.2. The molecule has 0 aliphatic rings. The number of benzene rings is 1. The first-order valence-electron chi connectivity index (χ1n) is 6.36. The molecule has 2 N–H and O–H groups in total. The van der Waals surface area contributed by atoms with Crippen LogP contribution in [-0.4, -0.2) is 30.4 Å². The molecule has 1 aromatic heterocycles. The van der Waals surface area contributed by atoms with E-state index in [9.17, 15) is 9.18 Å². The number of carbonyl (C=O) groups is 1. The van der Waals surface area contributed by atoms with Gasteiger partial charge in [0.15, 0.2) is 5.76 Å². The third kappa shape index (κ3) is 3.83. The first-order valence-corrected chi connectivity index (χ1v) is 6.36. The Labute approximate surface area is 129 Å². The molecular weight excluding hydrogens is 295 g/mol. The summed E-state index contributed by atoms with van der Waals surface area (Å²) in [6, 6.07) is 9.15. The topological polar surface area (TPSA) is 59.5 Å². The standard InChI is InChI=1S/C15H17FN2O2.ClH/c1-10(9-17)18(2)15(19)14-8-7-13(20-14)11-3-5-12(16)6-4-11;/h3-8,10H,9,17H2,1-2H3;1H. The van der Waals surface area contributed by atoms with Crippen molar-refractivity contribution in [3.8, 4) is 11.3 Å². The number of carbonyl (C=O) groups excluding carboxylic acids is 1. The first kappa shape index (κ1) is 17.2. The fraction of sp³-hybridized carbons (Fsp3) is 0.267. The van der Waals surface area contributed by atoms with Gasteiger partial charge in [-0.15, -0.1) is 12.4 Å². The second-order valence-corrected chi connectivity index (χ2v) is 4.67. The minimum atomic E-state index is -0.312. The zero-order valence-electron chi connectivity index (χ0n) is 11.9. The van der Waals surface area contributed by atoms with Crippen molar-refractivity contribution < 1.29 is 13.6 Å². The maximum absolute atomic E-state index is 12.9. The highest BCUT2D eigenvalue weighted by Gasteiger charge is 2.19. The summed E-state index contributed by atoms with van der Waals surface area (Å²) in [7, 11) is 1.68. The van der Waals surface area contributed by atoms with Gasteiger partial charge in [0.05, 0.1) is 0 Å². The normalized spacial score (nSPS) is 11.6. The fourth-order valence-corrected chi connectivity index (χ4v) is 1.75. The van der Waals surface area contributed by atoms with Crippen molar-refractivity contribution in [2.24, 2.45) is 5.73 Å². The summed E-state index contributed by atoms with van der Waals surface area (Å²) < 4.78 is 18.4. The second kappa shape index (κ2) is 7.24. The number of rotatable bonds is 4. The maximum Gasteiger partial charge on any atom is 0.289 e. The number of likely N-dealkylation sites (N-methyl/N-ethyl adjacent to an activating group) is 1. The van der Waals surface area contributed by atoms with Crippen molar-refractivity contribution >= 4 is 18.3 Å². The minimum Gasteiger partial charge on any atom is -0.451 e. The van der Waals surface area contributed by atoms with E-state index in [0.717, 1.165) is 5.56 Å². The van der Waals surface area contributed by atoms with Gasteiger partial charge in [0, 0.05) is 25.2 Å². The van der Waals surface area contributed by atoms with Crippen LogP contribution in [0.5, 0.6) is 0 Å². The fourth-order valence-electron chi connectivity index (χ4n) is 1.75. The predicted molar refractivity (Wildman–Crippen MR) is 82.0 cm³/mol. The van der Waals surface area contributed by atoms with Crippen LogP contribution in [0, 0.1) is 5.82 Å². The second-order valence-electron chi connectivity index (χ2n) is 4.67. The monoisotopic (exact) mass is 312 g/mol. The van der Waals surface area contributed by atoms with Gasteiger partial charge in [-0.2, -0.15) is 0 Å². The average molecular weight is 313 g/mol. The van der Waals surface area contributed by atoms with Crippen molar-refractivity contribution in [1.29, 1.82) is 0 Å². The highest BCUT2D eigenvalue weighted by molar-refractivity contribution is 5.92. The van der Waals surface area contributed by atoms with Gasteiger partial charge in [-0.25, -0.2) is 4.39 Å². The Balaban J connectivity index is 0.00000220. The summed E-state index contributed by atoms with van der Waals surface area (Å²) in [6.45, 7) is 2.25. The van der Waals surface area contributed by atoms with Crippen LogP contribution < -0.4 is 5.73 Å². The molecule has 1 unspecified atom stereocenters.